The third-order valence-corrected chi connectivity index (χ3v) is 3.44. The van der Waals surface area contributed by atoms with Crippen LogP contribution >= 0.6 is 11.6 Å². The molecule has 0 fully saturated rings. The van der Waals surface area contributed by atoms with Gasteiger partial charge in [-0.15, -0.1) is 0 Å². The van der Waals surface area contributed by atoms with Crippen molar-refractivity contribution in [1.82, 2.24) is 4.98 Å². The van der Waals surface area contributed by atoms with Crippen molar-refractivity contribution < 1.29 is 18.0 Å². The highest BCUT2D eigenvalue weighted by atomic mass is 35.5. The average Bonchev–Trinajstić information content (AvgIpc) is 2.50. The van der Waals surface area contributed by atoms with E-state index in [1.807, 2.05) is 0 Å². The number of hydrogen-bond acceptors (Lipinski definition) is 3. The van der Waals surface area contributed by atoms with E-state index in [4.69, 9.17) is 11.6 Å². The van der Waals surface area contributed by atoms with Crippen molar-refractivity contribution in [3.8, 4) is 0 Å². The molecule has 0 bridgehead atoms. The van der Waals surface area contributed by atoms with E-state index in [0.717, 1.165) is 12.1 Å². The fourth-order valence-corrected chi connectivity index (χ4v) is 1.93. The summed E-state index contributed by atoms with van der Waals surface area (Å²) in [5, 5.41) is 5.55. The lowest BCUT2D eigenvalue weighted by Crippen LogP contribution is -2.18. The lowest BCUT2D eigenvalue weighted by molar-refractivity contribution is -0.137. The molecule has 0 aliphatic heterocycles. The van der Waals surface area contributed by atoms with Crippen LogP contribution in [0.3, 0.4) is 0 Å². The van der Waals surface area contributed by atoms with Gasteiger partial charge in [0.25, 0.3) is 0 Å². The first-order valence-electron chi connectivity index (χ1n) is 7.07. The molecular weight excluding hydrogens is 343 g/mol. The number of amides is 1. The van der Waals surface area contributed by atoms with Gasteiger partial charge >= 0.3 is 6.18 Å². The summed E-state index contributed by atoms with van der Waals surface area (Å²) in [5.41, 5.74) is -0.241. The molecule has 1 amide bonds. The summed E-state index contributed by atoms with van der Waals surface area (Å²) in [6, 6.07) is 6.15. The van der Waals surface area contributed by atoms with Crippen molar-refractivity contribution >= 4 is 34.7 Å². The van der Waals surface area contributed by atoms with Crippen LogP contribution in [0.5, 0.6) is 0 Å². The first kappa shape index (κ1) is 18.1. The topological polar surface area (TPSA) is 54.0 Å². The van der Waals surface area contributed by atoms with Gasteiger partial charge in [0.15, 0.2) is 0 Å². The van der Waals surface area contributed by atoms with Crippen molar-refractivity contribution in [1.29, 1.82) is 0 Å². The minimum Gasteiger partial charge on any atom is -0.353 e. The number of halogens is 4. The molecule has 0 saturated carbocycles. The number of nitrogens with one attached hydrogen (secondary N) is 2. The van der Waals surface area contributed by atoms with Gasteiger partial charge in [-0.3, -0.25) is 4.79 Å². The van der Waals surface area contributed by atoms with E-state index in [0.29, 0.717) is 11.5 Å². The maximum absolute atomic E-state index is 12.8. The van der Waals surface area contributed by atoms with Crippen LogP contribution < -0.4 is 10.6 Å². The fourth-order valence-electron chi connectivity index (χ4n) is 1.77. The van der Waals surface area contributed by atoms with E-state index in [1.54, 1.807) is 26.0 Å². The summed E-state index contributed by atoms with van der Waals surface area (Å²) >= 11 is 5.92. The maximum atomic E-state index is 12.8. The molecule has 8 heteroatoms. The second-order valence-electron chi connectivity index (χ2n) is 5.39. The van der Waals surface area contributed by atoms with Gasteiger partial charge in [-0.05, 0) is 30.3 Å². The number of alkyl halides is 3. The highest BCUT2D eigenvalue weighted by molar-refractivity contribution is 6.33. The number of rotatable bonds is 4. The van der Waals surface area contributed by atoms with E-state index in [-0.39, 0.29) is 22.5 Å². The smallest absolute Gasteiger partial charge is 0.353 e. The van der Waals surface area contributed by atoms with Crippen molar-refractivity contribution in [2.75, 3.05) is 10.6 Å². The normalized spacial score (nSPS) is 11.5. The van der Waals surface area contributed by atoms with Gasteiger partial charge < -0.3 is 10.6 Å². The molecule has 0 saturated heterocycles. The first-order chi connectivity index (χ1) is 11.2. The Morgan fingerprint density at radius 1 is 1.21 bits per heavy atom. The Labute approximate surface area is 142 Å². The van der Waals surface area contributed by atoms with Crippen molar-refractivity contribution in [3.05, 3.63) is 47.1 Å². The average molecular weight is 358 g/mol. The van der Waals surface area contributed by atoms with Crippen LogP contribution in [0.1, 0.15) is 19.4 Å². The molecule has 0 unspecified atom stereocenters. The van der Waals surface area contributed by atoms with Gasteiger partial charge in [0.1, 0.15) is 5.82 Å². The molecular formula is C16H15ClF3N3O. The molecule has 24 heavy (non-hydrogen) atoms. The molecule has 1 aromatic heterocycles. The van der Waals surface area contributed by atoms with Gasteiger partial charge in [0.05, 0.1) is 28.2 Å². The maximum Gasteiger partial charge on any atom is 0.416 e. The number of pyridine rings is 1. The standard InChI is InChI=1S/C16H15ClF3N3O/c1-9(2)15(24)23-14-6-4-11(8-21-14)22-13-7-10(16(18,19)20)3-5-12(13)17/h3-9,22H,1-2H3,(H,21,23,24). The monoisotopic (exact) mass is 357 g/mol. The van der Waals surface area contributed by atoms with Gasteiger partial charge in [0.2, 0.25) is 5.91 Å². The van der Waals surface area contributed by atoms with Crippen LogP contribution in [0.2, 0.25) is 5.02 Å². The highest BCUT2D eigenvalue weighted by Gasteiger charge is 2.30. The Kier molecular flexibility index (Phi) is 5.33. The Morgan fingerprint density at radius 2 is 1.92 bits per heavy atom. The molecule has 0 radical (unpaired) electrons. The Hall–Kier alpha value is -2.28. The SMILES string of the molecule is CC(C)C(=O)Nc1ccc(Nc2cc(C(F)(F)F)ccc2Cl)cn1. The summed E-state index contributed by atoms with van der Waals surface area (Å²) < 4.78 is 38.3. The van der Waals surface area contributed by atoms with E-state index < -0.39 is 11.7 Å². The fraction of sp³-hybridized carbons (Fsp3) is 0.250. The number of carbonyl (C=O) groups excluding carboxylic acids is 1. The van der Waals surface area contributed by atoms with E-state index in [1.165, 1.54) is 12.3 Å². The quantitative estimate of drug-likeness (QED) is 0.801. The zero-order valence-electron chi connectivity index (χ0n) is 12.9. The summed E-state index contributed by atoms with van der Waals surface area (Å²) in [4.78, 5) is 15.6. The van der Waals surface area contributed by atoms with Crippen LogP contribution in [-0.2, 0) is 11.0 Å². The third-order valence-electron chi connectivity index (χ3n) is 3.11. The van der Waals surface area contributed by atoms with Crippen LogP contribution in [-0.4, -0.2) is 10.9 Å². The van der Waals surface area contributed by atoms with Crippen LogP contribution in [0.25, 0.3) is 0 Å². The zero-order chi connectivity index (χ0) is 17.9. The molecule has 2 rings (SSSR count). The third kappa shape index (κ3) is 4.61. The molecule has 4 nitrogen and oxygen atoms in total. The molecule has 128 valence electrons. The summed E-state index contributed by atoms with van der Waals surface area (Å²) in [6.45, 7) is 3.50. The molecule has 0 atom stereocenters. The number of benzene rings is 1. The summed E-state index contributed by atoms with van der Waals surface area (Å²) in [6.07, 6.45) is -3.06. The van der Waals surface area contributed by atoms with Gasteiger partial charge in [-0.25, -0.2) is 4.98 Å². The minimum atomic E-state index is -4.45. The summed E-state index contributed by atoms with van der Waals surface area (Å²) in [5.74, 6) is -0.00737. The minimum absolute atomic E-state index is 0.118. The number of anilines is 3. The first-order valence-corrected chi connectivity index (χ1v) is 7.45. The molecule has 0 aliphatic carbocycles. The summed E-state index contributed by atoms with van der Waals surface area (Å²) in [7, 11) is 0. The molecule has 1 aromatic carbocycles. The van der Waals surface area contributed by atoms with Gasteiger partial charge in [-0.1, -0.05) is 25.4 Å². The van der Waals surface area contributed by atoms with E-state index in [2.05, 4.69) is 15.6 Å². The number of carbonyl (C=O) groups is 1. The van der Waals surface area contributed by atoms with Crippen molar-refractivity contribution in [2.45, 2.75) is 20.0 Å². The molecule has 0 spiro atoms. The van der Waals surface area contributed by atoms with Crippen molar-refractivity contribution in [2.24, 2.45) is 5.92 Å². The second kappa shape index (κ2) is 7.09. The Bertz CT molecular complexity index is 730. The largest absolute Gasteiger partial charge is 0.416 e. The molecule has 2 N–H and O–H groups in total. The molecule has 2 aromatic rings. The van der Waals surface area contributed by atoms with E-state index >= 15 is 0 Å². The number of nitrogens with zero attached hydrogens (tertiary/aromatic N) is 1. The lowest BCUT2D eigenvalue weighted by atomic mass is 10.2. The van der Waals surface area contributed by atoms with Gasteiger partial charge in [0, 0.05) is 5.92 Å². The number of hydrogen-bond donors (Lipinski definition) is 2. The molecule has 0 aliphatic rings. The Morgan fingerprint density at radius 3 is 2.46 bits per heavy atom. The Balaban J connectivity index is 2.15. The highest BCUT2D eigenvalue weighted by Crippen LogP contribution is 2.34. The van der Waals surface area contributed by atoms with E-state index in [9.17, 15) is 18.0 Å². The number of aromatic nitrogens is 1. The zero-order valence-corrected chi connectivity index (χ0v) is 13.7. The van der Waals surface area contributed by atoms with Crippen LogP contribution in [0.4, 0.5) is 30.4 Å². The predicted molar refractivity (Wildman–Crippen MR) is 87.4 cm³/mol. The van der Waals surface area contributed by atoms with Crippen molar-refractivity contribution in [3.63, 3.8) is 0 Å². The lowest BCUT2D eigenvalue weighted by Gasteiger charge is -2.13. The van der Waals surface area contributed by atoms with Crippen LogP contribution in [0.15, 0.2) is 36.5 Å². The second-order valence-corrected chi connectivity index (χ2v) is 5.80. The van der Waals surface area contributed by atoms with Crippen LogP contribution in [0, 0.1) is 5.92 Å². The van der Waals surface area contributed by atoms with Gasteiger partial charge in [-0.2, -0.15) is 13.2 Å². The predicted octanol–water partition coefficient (Wildman–Crippen LogP) is 5.09. The molecule has 1 heterocycles.